The van der Waals surface area contributed by atoms with Gasteiger partial charge >= 0.3 is 12.6 Å². The number of halogens is 2. The molecule has 2 rings (SSSR count). The first-order valence-electron chi connectivity index (χ1n) is 9.33. The zero-order valence-corrected chi connectivity index (χ0v) is 18.8. The molecule has 2 aromatic carbocycles. The van der Waals surface area contributed by atoms with Gasteiger partial charge in [-0.05, 0) is 42.0 Å². The fourth-order valence-electron chi connectivity index (χ4n) is 2.45. The van der Waals surface area contributed by atoms with Crippen LogP contribution in [0.25, 0.3) is 6.08 Å². The number of methoxy groups -OCH3 is 1. The summed E-state index contributed by atoms with van der Waals surface area (Å²) < 4.78 is 64.1. The minimum atomic E-state index is -3.74. The molecule has 2 aromatic rings. The largest absolute Gasteiger partial charge is 0.495 e. The van der Waals surface area contributed by atoms with Gasteiger partial charge in [0.05, 0.1) is 17.7 Å². The van der Waals surface area contributed by atoms with Crippen molar-refractivity contribution in [1.82, 2.24) is 4.31 Å². The number of carbonyl (C=O) groups is 2. The van der Waals surface area contributed by atoms with E-state index in [1.807, 2.05) is 0 Å². The van der Waals surface area contributed by atoms with Crippen LogP contribution in [0, 0.1) is 0 Å². The molecule has 0 radical (unpaired) electrons. The summed E-state index contributed by atoms with van der Waals surface area (Å²) in [4.78, 5) is 24.0. The number of amides is 1. The standard InChI is InChI=1S/C21H22F2N2O7S/c1-25(2)33(28,29)16-9-10-18(30-3)17(12-16)24-19(26)13-31-20(27)11-6-14-4-7-15(8-5-14)32-21(22)23/h4-12,21H,13H2,1-3H3,(H,24,26). The van der Waals surface area contributed by atoms with Crippen LogP contribution in [0.4, 0.5) is 14.5 Å². The van der Waals surface area contributed by atoms with E-state index in [2.05, 4.69) is 10.1 Å². The number of esters is 1. The molecule has 0 saturated heterocycles. The maximum Gasteiger partial charge on any atom is 0.387 e. The molecule has 9 nitrogen and oxygen atoms in total. The van der Waals surface area contributed by atoms with Crippen molar-refractivity contribution in [2.24, 2.45) is 0 Å². The highest BCUT2D eigenvalue weighted by atomic mass is 32.2. The molecule has 0 aromatic heterocycles. The lowest BCUT2D eigenvalue weighted by Crippen LogP contribution is -2.23. The lowest BCUT2D eigenvalue weighted by Gasteiger charge is -2.15. The van der Waals surface area contributed by atoms with E-state index < -0.39 is 35.1 Å². The number of sulfonamides is 1. The molecule has 0 unspecified atom stereocenters. The molecule has 0 bridgehead atoms. The molecule has 12 heteroatoms. The van der Waals surface area contributed by atoms with Crippen molar-refractivity contribution in [3.8, 4) is 11.5 Å². The minimum absolute atomic E-state index is 0.0284. The smallest absolute Gasteiger partial charge is 0.387 e. The quantitative estimate of drug-likeness (QED) is 0.408. The number of nitrogens with one attached hydrogen (secondary N) is 1. The normalized spacial score (nSPS) is 11.6. The van der Waals surface area contributed by atoms with E-state index in [4.69, 9.17) is 9.47 Å². The Kier molecular flexibility index (Phi) is 8.88. The molecule has 33 heavy (non-hydrogen) atoms. The van der Waals surface area contributed by atoms with E-state index in [1.165, 1.54) is 69.7 Å². The minimum Gasteiger partial charge on any atom is -0.495 e. The summed E-state index contributed by atoms with van der Waals surface area (Å²) in [6.07, 6.45) is 2.42. The average molecular weight is 484 g/mol. The van der Waals surface area contributed by atoms with E-state index in [0.717, 1.165) is 10.4 Å². The lowest BCUT2D eigenvalue weighted by molar-refractivity contribution is -0.142. The SMILES string of the molecule is COc1ccc(S(=O)(=O)N(C)C)cc1NC(=O)COC(=O)C=Cc1ccc(OC(F)F)cc1. The van der Waals surface area contributed by atoms with Crippen LogP contribution < -0.4 is 14.8 Å². The summed E-state index contributed by atoms with van der Waals surface area (Å²) in [5.41, 5.74) is 0.602. The third-order valence-electron chi connectivity index (χ3n) is 4.09. The van der Waals surface area contributed by atoms with Crippen LogP contribution in [0.1, 0.15) is 5.56 Å². The van der Waals surface area contributed by atoms with E-state index in [9.17, 15) is 26.8 Å². The van der Waals surface area contributed by atoms with Gasteiger partial charge in [-0.15, -0.1) is 0 Å². The lowest BCUT2D eigenvalue weighted by atomic mass is 10.2. The van der Waals surface area contributed by atoms with Crippen molar-refractivity contribution in [3.63, 3.8) is 0 Å². The molecule has 1 N–H and O–H groups in total. The molecule has 0 spiro atoms. The summed E-state index contributed by atoms with van der Waals surface area (Å²) in [5, 5.41) is 2.44. The van der Waals surface area contributed by atoms with Crippen LogP contribution in [0.2, 0.25) is 0 Å². The highest BCUT2D eigenvalue weighted by Gasteiger charge is 2.20. The van der Waals surface area contributed by atoms with Gasteiger partial charge in [-0.1, -0.05) is 12.1 Å². The number of anilines is 1. The van der Waals surface area contributed by atoms with Gasteiger partial charge in [0, 0.05) is 20.2 Å². The predicted molar refractivity (Wildman–Crippen MR) is 116 cm³/mol. The van der Waals surface area contributed by atoms with Crippen molar-refractivity contribution in [1.29, 1.82) is 0 Å². The van der Waals surface area contributed by atoms with Gasteiger partial charge in [0.25, 0.3) is 5.91 Å². The first-order chi connectivity index (χ1) is 15.5. The number of benzene rings is 2. The first kappa shape index (κ1) is 25.7. The van der Waals surface area contributed by atoms with Crippen LogP contribution in [0.3, 0.4) is 0 Å². The number of hydrogen-bond acceptors (Lipinski definition) is 7. The van der Waals surface area contributed by atoms with Gasteiger partial charge < -0.3 is 19.5 Å². The average Bonchev–Trinajstić information content (AvgIpc) is 2.76. The van der Waals surface area contributed by atoms with Crippen molar-refractivity contribution in [3.05, 3.63) is 54.1 Å². The molecule has 0 saturated carbocycles. The maximum absolute atomic E-state index is 12.3. The Bertz CT molecular complexity index is 1120. The summed E-state index contributed by atoms with van der Waals surface area (Å²) in [6.45, 7) is -3.58. The zero-order chi connectivity index (χ0) is 24.6. The number of carbonyl (C=O) groups excluding carboxylic acids is 2. The van der Waals surface area contributed by atoms with E-state index in [1.54, 1.807) is 0 Å². The fourth-order valence-corrected chi connectivity index (χ4v) is 3.38. The number of alkyl halides is 2. The van der Waals surface area contributed by atoms with Gasteiger partial charge in [-0.25, -0.2) is 17.5 Å². The topological polar surface area (TPSA) is 111 Å². The number of ether oxygens (including phenoxy) is 3. The van der Waals surface area contributed by atoms with Gasteiger partial charge in [0.1, 0.15) is 11.5 Å². The van der Waals surface area contributed by atoms with Gasteiger partial charge in [0.2, 0.25) is 10.0 Å². The number of hydrogen-bond donors (Lipinski definition) is 1. The Hall–Kier alpha value is -3.51. The fraction of sp³-hybridized carbons (Fsp3) is 0.238. The third-order valence-corrected chi connectivity index (χ3v) is 5.90. The zero-order valence-electron chi connectivity index (χ0n) is 17.9. The van der Waals surface area contributed by atoms with Gasteiger partial charge in [-0.2, -0.15) is 8.78 Å². The Morgan fingerprint density at radius 2 is 1.79 bits per heavy atom. The molecule has 0 aliphatic heterocycles. The molecule has 0 atom stereocenters. The Balaban J connectivity index is 1.97. The summed E-state index contributed by atoms with van der Waals surface area (Å²) >= 11 is 0. The van der Waals surface area contributed by atoms with E-state index >= 15 is 0 Å². The van der Waals surface area contributed by atoms with Gasteiger partial charge in [0.15, 0.2) is 6.61 Å². The second-order valence-corrected chi connectivity index (χ2v) is 8.74. The Labute approximate surface area is 189 Å². The summed E-state index contributed by atoms with van der Waals surface area (Å²) in [6, 6.07) is 9.48. The van der Waals surface area contributed by atoms with Crippen LogP contribution in [-0.2, 0) is 24.3 Å². The maximum atomic E-state index is 12.3. The Morgan fingerprint density at radius 1 is 1.12 bits per heavy atom. The van der Waals surface area contributed by atoms with Crippen LogP contribution in [0.15, 0.2) is 53.4 Å². The molecule has 178 valence electrons. The van der Waals surface area contributed by atoms with Crippen molar-refractivity contribution in [2.45, 2.75) is 11.5 Å². The third kappa shape index (κ3) is 7.54. The van der Waals surface area contributed by atoms with Crippen molar-refractivity contribution >= 4 is 33.7 Å². The second kappa shape index (κ2) is 11.4. The molecular weight excluding hydrogens is 462 g/mol. The summed E-state index contributed by atoms with van der Waals surface area (Å²) in [5.74, 6) is -1.36. The highest BCUT2D eigenvalue weighted by Crippen LogP contribution is 2.28. The molecule has 0 fully saturated rings. The van der Waals surface area contributed by atoms with E-state index in [0.29, 0.717) is 5.56 Å². The molecule has 0 aliphatic rings. The second-order valence-electron chi connectivity index (χ2n) is 6.59. The molecule has 0 aliphatic carbocycles. The Morgan fingerprint density at radius 3 is 2.36 bits per heavy atom. The molecular formula is C21H22F2N2O7S. The highest BCUT2D eigenvalue weighted by molar-refractivity contribution is 7.89. The predicted octanol–water partition coefficient (Wildman–Crippen LogP) is 2.74. The number of nitrogens with zero attached hydrogens (tertiary/aromatic N) is 1. The van der Waals surface area contributed by atoms with Gasteiger partial charge in [-0.3, -0.25) is 4.79 Å². The van der Waals surface area contributed by atoms with Crippen LogP contribution >= 0.6 is 0 Å². The van der Waals surface area contributed by atoms with Crippen LogP contribution in [0.5, 0.6) is 11.5 Å². The summed E-state index contributed by atoms with van der Waals surface area (Å²) in [7, 11) is 0.351. The number of rotatable bonds is 10. The molecule has 0 heterocycles. The van der Waals surface area contributed by atoms with Crippen LogP contribution in [-0.4, -0.2) is 59.0 Å². The monoisotopic (exact) mass is 484 g/mol. The first-order valence-corrected chi connectivity index (χ1v) is 10.8. The van der Waals surface area contributed by atoms with Crippen molar-refractivity contribution in [2.75, 3.05) is 33.1 Å². The van der Waals surface area contributed by atoms with E-state index in [-0.39, 0.29) is 22.1 Å². The molecule has 1 amide bonds. The van der Waals surface area contributed by atoms with Crippen molar-refractivity contribution < 1.29 is 41.0 Å².